The minimum atomic E-state index is -1.17. The van der Waals surface area contributed by atoms with Gasteiger partial charge in [-0.25, -0.2) is 0 Å². The number of para-hydroxylation sites is 1. The number of aromatic nitrogens is 1. The third-order valence-corrected chi connectivity index (χ3v) is 1.87. The van der Waals surface area contributed by atoms with Crippen LogP contribution in [0.3, 0.4) is 0 Å². The number of pyridine rings is 1. The van der Waals surface area contributed by atoms with Crippen LogP contribution in [0.1, 0.15) is 10.4 Å². The molecule has 0 atom stereocenters. The van der Waals surface area contributed by atoms with Gasteiger partial charge in [0.15, 0.2) is 0 Å². The molecular formula is C10H6NO2-. The van der Waals surface area contributed by atoms with E-state index in [1.165, 1.54) is 12.3 Å². The molecule has 2 rings (SSSR count). The van der Waals surface area contributed by atoms with Crippen LogP contribution in [0.4, 0.5) is 0 Å². The van der Waals surface area contributed by atoms with Gasteiger partial charge >= 0.3 is 0 Å². The van der Waals surface area contributed by atoms with E-state index in [9.17, 15) is 9.90 Å². The van der Waals surface area contributed by atoms with Gasteiger partial charge in [-0.15, -0.1) is 0 Å². The summed E-state index contributed by atoms with van der Waals surface area (Å²) in [7, 11) is 0. The number of carboxylic acids is 1. The molecule has 0 N–H and O–H groups in total. The molecule has 3 heteroatoms. The highest BCUT2D eigenvalue weighted by molar-refractivity contribution is 6.01. The first kappa shape index (κ1) is 7.73. The first-order chi connectivity index (χ1) is 6.29. The Hall–Kier alpha value is -1.90. The van der Waals surface area contributed by atoms with Gasteiger partial charge in [-0.1, -0.05) is 18.2 Å². The predicted octanol–water partition coefficient (Wildman–Crippen LogP) is 0.598. The van der Waals surface area contributed by atoms with Crippen LogP contribution in [-0.4, -0.2) is 11.0 Å². The SMILES string of the molecule is O=C([O-])c1ccnc2ccccc12. The minimum Gasteiger partial charge on any atom is -0.545 e. The van der Waals surface area contributed by atoms with E-state index in [2.05, 4.69) is 4.98 Å². The van der Waals surface area contributed by atoms with Gasteiger partial charge in [-0.05, 0) is 12.1 Å². The van der Waals surface area contributed by atoms with Gasteiger partial charge in [0.25, 0.3) is 0 Å². The van der Waals surface area contributed by atoms with E-state index in [4.69, 9.17) is 0 Å². The van der Waals surface area contributed by atoms with Crippen molar-refractivity contribution in [2.24, 2.45) is 0 Å². The van der Waals surface area contributed by atoms with Crippen molar-refractivity contribution < 1.29 is 9.90 Å². The maximum Gasteiger partial charge on any atom is 0.0722 e. The molecule has 1 heterocycles. The number of hydrogen-bond acceptors (Lipinski definition) is 3. The fraction of sp³-hybridized carbons (Fsp3) is 0. The van der Waals surface area contributed by atoms with E-state index in [1.54, 1.807) is 18.2 Å². The number of carboxylic acid groups (broad SMARTS) is 1. The summed E-state index contributed by atoms with van der Waals surface area (Å²) in [6.07, 6.45) is 1.47. The van der Waals surface area contributed by atoms with Gasteiger partial charge in [-0.3, -0.25) is 4.98 Å². The van der Waals surface area contributed by atoms with Gasteiger partial charge < -0.3 is 9.90 Å². The number of rotatable bonds is 1. The normalized spacial score (nSPS) is 10.2. The standard InChI is InChI=1S/C10H7NO2/c12-10(13)8-5-6-11-9-4-2-1-3-7(8)9/h1-6H,(H,12,13)/p-1. The van der Waals surface area contributed by atoms with Crippen LogP contribution in [0.2, 0.25) is 0 Å². The minimum absolute atomic E-state index is 0.186. The number of hydrogen-bond donors (Lipinski definition) is 0. The zero-order chi connectivity index (χ0) is 9.26. The van der Waals surface area contributed by atoms with Crippen molar-refractivity contribution in [2.75, 3.05) is 0 Å². The molecule has 0 amide bonds. The van der Waals surface area contributed by atoms with Gasteiger partial charge in [0.05, 0.1) is 11.5 Å². The Bertz CT molecular complexity index is 460. The summed E-state index contributed by atoms with van der Waals surface area (Å²) in [5.74, 6) is -1.17. The fourth-order valence-electron chi connectivity index (χ4n) is 1.27. The smallest absolute Gasteiger partial charge is 0.0722 e. The van der Waals surface area contributed by atoms with E-state index < -0.39 is 5.97 Å². The highest BCUT2D eigenvalue weighted by Crippen LogP contribution is 2.14. The Morgan fingerprint density at radius 2 is 2.00 bits per heavy atom. The van der Waals surface area contributed by atoms with Crippen LogP contribution in [0.15, 0.2) is 36.5 Å². The van der Waals surface area contributed by atoms with Gasteiger partial charge in [0.2, 0.25) is 0 Å². The van der Waals surface area contributed by atoms with Crippen LogP contribution < -0.4 is 5.11 Å². The molecule has 0 saturated carbocycles. The van der Waals surface area contributed by atoms with E-state index in [0.29, 0.717) is 10.9 Å². The number of aromatic carboxylic acids is 1. The van der Waals surface area contributed by atoms with E-state index in [1.807, 2.05) is 6.07 Å². The van der Waals surface area contributed by atoms with Crippen molar-refractivity contribution in [3.05, 3.63) is 42.1 Å². The zero-order valence-corrected chi connectivity index (χ0v) is 6.73. The van der Waals surface area contributed by atoms with Crippen LogP contribution in [0, 0.1) is 0 Å². The largest absolute Gasteiger partial charge is 0.545 e. The molecule has 0 aliphatic rings. The lowest BCUT2D eigenvalue weighted by Gasteiger charge is -2.05. The predicted molar refractivity (Wildman–Crippen MR) is 46.1 cm³/mol. The molecule has 3 nitrogen and oxygen atoms in total. The second-order valence-corrected chi connectivity index (χ2v) is 2.66. The van der Waals surface area contributed by atoms with Crippen molar-refractivity contribution in [3.63, 3.8) is 0 Å². The average molecular weight is 172 g/mol. The van der Waals surface area contributed by atoms with Crippen LogP contribution in [0.25, 0.3) is 10.9 Å². The summed E-state index contributed by atoms with van der Waals surface area (Å²) >= 11 is 0. The van der Waals surface area contributed by atoms with E-state index in [-0.39, 0.29) is 5.56 Å². The summed E-state index contributed by atoms with van der Waals surface area (Å²) in [5.41, 5.74) is 0.856. The van der Waals surface area contributed by atoms with Crippen molar-refractivity contribution in [3.8, 4) is 0 Å². The van der Waals surface area contributed by atoms with Gasteiger partial charge in [0, 0.05) is 17.1 Å². The fourth-order valence-corrected chi connectivity index (χ4v) is 1.27. The summed E-state index contributed by atoms with van der Waals surface area (Å²) in [4.78, 5) is 14.7. The number of carbonyl (C=O) groups is 1. The number of carbonyl (C=O) groups excluding carboxylic acids is 1. The Balaban J connectivity index is 2.83. The molecule has 64 valence electrons. The van der Waals surface area contributed by atoms with Crippen LogP contribution >= 0.6 is 0 Å². The quantitative estimate of drug-likeness (QED) is 0.632. The Morgan fingerprint density at radius 3 is 2.77 bits per heavy atom. The first-order valence-corrected chi connectivity index (χ1v) is 3.84. The third kappa shape index (κ3) is 1.24. The Kier molecular flexibility index (Phi) is 1.70. The molecule has 0 fully saturated rings. The summed E-state index contributed by atoms with van der Waals surface area (Å²) in [6, 6.07) is 8.51. The van der Waals surface area contributed by atoms with Crippen molar-refractivity contribution >= 4 is 16.9 Å². The molecule has 0 spiro atoms. The summed E-state index contributed by atoms with van der Waals surface area (Å²) < 4.78 is 0. The third-order valence-electron chi connectivity index (χ3n) is 1.87. The molecule has 1 aromatic heterocycles. The monoisotopic (exact) mass is 172 g/mol. The molecule has 0 aliphatic carbocycles. The van der Waals surface area contributed by atoms with Gasteiger partial charge in [-0.2, -0.15) is 0 Å². The molecule has 0 radical (unpaired) electrons. The molecule has 0 saturated heterocycles. The van der Waals surface area contributed by atoms with Crippen LogP contribution in [0.5, 0.6) is 0 Å². The number of fused-ring (bicyclic) bond motifs is 1. The van der Waals surface area contributed by atoms with Crippen molar-refractivity contribution in [2.45, 2.75) is 0 Å². The first-order valence-electron chi connectivity index (χ1n) is 3.84. The Labute approximate surface area is 74.7 Å². The molecule has 13 heavy (non-hydrogen) atoms. The Morgan fingerprint density at radius 1 is 1.23 bits per heavy atom. The van der Waals surface area contributed by atoms with E-state index >= 15 is 0 Å². The maximum absolute atomic E-state index is 10.7. The van der Waals surface area contributed by atoms with Crippen molar-refractivity contribution in [1.82, 2.24) is 4.98 Å². The second kappa shape index (κ2) is 2.86. The lowest BCUT2D eigenvalue weighted by Crippen LogP contribution is -2.22. The molecule has 1 aromatic carbocycles. The summed E-state index contributed by atoms with van der Waals surface area (Å²) in [6.45, 7) is 0. The van der Waals surface area contributed by atoms with Crippen LogP contribution in [-0.2, 0) is 0 Å². The maximum atomic E-state index is 10.7. The molecule has 0 unspecified atom stereocenters. The molecule has 0 bridgehead atoms. The highest BCUT2D eigenvalue weighted by atomic mass is 16.4. The highest BCUT2D eigenvalue weighted by Gasteiger charge is 2.00. The average Bonchev–Trinajstić information content (AvgIpc) is 2.17. The summed E-state index contributed by atoms with van der Waals surface area (Å²) in [5, 5.41) is 11.3. The molecular weight excluding hydrogens is 166 g/mol. The lowest BCUT2D eigenvalue weighted by molar-refractivity contribution is -0.254. The van der Waals surface area contributed by atoms with E-state index in [0.717, 1.165) is 0 Å². The molecule has 2 aromatic rings. The lowest BCUT2D eigenvalue weighted by atomic mass is 10.1. The van der Waals surface area contributed by atoms with Gasteiger partial charge in [0.1, 0.15) is 0 Å². The molecule has 0 aliphatic heterocycles. The number of nitrogens with zero attached hydrogens (tertiary/aromatic N) is 1. The van der Waals surface area contributed by atoms with Crippen molar-refractivity contribution in [1.29, 1.82) is 0 Å². The topological polar surface area (TPSA) is 53.0 Å². The number of benzene rings is 1. The zero-order valence-electron chi connectivity index (χ0n) is 6.73. The second-order valence-electron chi connectivity index (χ2n) is 2.66.